The summed E-state index contributed by atoms with van der Waals surface area (Å²) in [5.74, 6) is 2.31. The Kier molecular flexibility index (Phi) is 5.31. The summed E-state index contributed by atoms with van der Waals surface area (Å²) in [6, 6.07) is 4.90. The molecule has 0 aliphatic carbocycles. The monoisotopic (exact) mass is 239 g/mol. The highest BCUT2D eigenvalue weighted by atomic mass is 35.5. The maximum Gasteiger partial charge on any atom is 0.129 e. The van der Waals surface area contributed by atoms with Crippen molar-refractivity contribution in [1.82, 2.24) is 5.32 Å². The van der Waals surface area contributed by atoms with Crippen LogP contribution in [0, 0.1) is 18.2 Å². The second kappa shape index (κ2) is 6.52. The van der Waals surface area contributed by atoms with Gasteiger partial charge in [0.05, 0.1) is 0 Å². The van der Waals surface area contributed by atoms with Crippen molar-refractivity contribution in [2.45, 2.75) is 32.4 Å². The number of nitrogens with one attached hydrogen (secondary N) is 1. The summed E-state index contributed by atoms with van der Waals surface area (Å²) in [5, 5.41) is 3.65. The van der Waals surface area contributed by atoms with Crippen molar-refractivity contribution in [3.05, 3.63) is 34.6 Å². The lowest BCUT2D eigenvalue weighted by Crippen LogP contribution is -2.27. The zero-order chi connectivity index (χ0) is 12.0. The Balaban J connectivity index is 2.64. The highest BCUT2D eigenvalue weighted by Crippen LogP contribution is 2.18. The smallest absolute Gasteiger partial charge is 0.129 e. The summed E-state index contributed by atoms with van der Waals surface area (Å²) in [4.78, 5) is 0. The quantitative estimate of drug-likeness (QED) is 0.777. The maximum atomic E-state index is 13.4. The van der Waals surface area contributed by atoms with Crippen LogP contribution in [0.2, 0.25) is 5.02 Å². The van der Waals surface area contributed by atoms with Crippen LogP contribution in [0.1, 0.15) is 25.3 Å². The molecule has 86 valence electrons. The van der Waals surface area contributed by atoms with Crippen molar-refractivity contribution < 1.29 is 4.39 Å². The SMILES string of the molecule is C#CCC(CC)NCc1c(F)cccc1Cl. The number of hydrogen-bond donors (Lipinski definition) is 1. The van der Waals surface area contributed by atoms with E-state index in [1.165, 1.54) is 6.07 Å². The number of rotatable bonds is 5. The van der Waals surface area contributed by atoms with E-state index in [4.69, 9.17) is 18.0 Å². The Labute approximate surface area is 101 Å². The zero-order valence-corrected chi connectivity index (χ0v) is 10.0. The van der Waals surface area contributed by atoms with Gasteiger partial charge in [0.2, 0.25) is 0 Å². The molecule has 0 saturated carbocycles. The molecule has 1 atom stereocenters. The third-order valence-electron chi connectivity index (χ3n) is 2.49. The van der Waals surface area contributed by atoms with E-state index in [0.29, 0.717) is 23.6 Å². The number of benzene rings is 1. The Morgan fingerprint density at radius 1 is 1.56 bits per heavy atom. The minimum absolute atomic E-state index is 0.209. The summed E-state index contributed by atoms with van der Waals surface area (Å²) >= 11 is 5.91. The van der Waals surface area contributed by atoms with E-state index in [1.54, 1.807) is 12.1 Å². The van der Waals surface area contributed by atoms with Crippen LogP contribution in [-0.2, 0) is 6.54 Å². The molecule has 0 aliphatic rings. The summed E-state index contributed by atoms with van der Waals surface area (Å²) < 4.78 is 13.4. The topological polar surface area (TPSA) is 12.0 Å². The minimum Gasteiger partial charge on any atom is -0.309 e. The molecule has 1 N–H and O–H groups in total. The fourth-order valence-electron chi connectivity index (χ4n) is 1.45. The van der Waals surface area contributed by atoms with E-state index in [2.05, 4.69) is 11.2 Å². The van der Waals surface area contributed by atoms with Crippen molar-refractivity contribution in [1.29, 1.82) is 0 Å². The van der Waals surface area contributed by atoms with E-state index in [0.717, 1.165) is 6.42 Å². The van der Waals surface area contributed by atoms with E-state index >= 15 is 0 Å². The predicted molar refractivity (Wildman–Crippen MR) is 65.8 cm³/mol. The van der Waals surface area contributed by atoms with Crippen LogP contribution in [0.25, 0.3) is 0 Å². The van der Waals surface area contributed by atoms with Gasteiger partial charge in [-0.3, -0.25) is 0 Å². The third kappa shape index (κ3) is 3.52. The first-order valence-electron chi connectivity index (χ1n) is 5.28. The van der Waals surface area contributed by atoms with Crippen LogP contribution < -0.4 is 5.32 Å². The molecule has 0 spiro atoms. The normalized spacial score (nSPS) is 12.1. The van der Waals surface area contributed by atoms with Gasteiger partial charge in [-0.15, -0.1) is 12.3 Å². The van der Waals surface area contributed by atoms with Gasteiger partial charge in [0.25, 0.3) is 0 Å². The van der Waals surface area contributed by atoms with Gasteiger partial charge >= 0.3 is 0 Å². The van der Waals surface area contributed by atoms with Crippen molar-refractivity contribution in [2.75, 3.05) is 0 Å². The van der Waals surface area contributed by atoms with Crippen LogP contribution in [0.3, 0.4) is 0 Å². The highest BCUT2D eigenvalue weighted by Gasteiger charge is 2.09. The van der Waals surface area contributed by atoms with Gasteiger partial charge in [0.15, 0.2) is 0 Å². The molecule has 0 radical (unpaired) electrons. The first kappa shape index (κ1) is 13.0. The molecular formula is C13H15ClFN. The molecule has 0 aromatic heterocycles. The van der Waals surface area contributed by atoms with E-state index in [1.807, 2.05) is 6.92 Å². The van der Waals surface area contributed by atoms with E-state index in [9.17, 15) is 4.39 Å². The lowest BCUT2D eigenvalue weighted by Gasteiger charge is -2.15. The standard InChI is InChI=1S/C13H15ClFN/c1-3-6-10(4-2)16-9-11-12(14)7-5-8-13(11)15/h1,5,7-8,10,16H,4,6,9H2,2H3. The second-order valence-corrected chi connectivity index (χ2v) is 4.00. The Morgan fingerprint density at radius 2 is 2.31 bits per heavy atom. The van der Waals surface area contributed by atoms with Crippen LogP contribution in [0.5, 0.6) is 0 Å². The van der Waals surface area contributed by atoms with E-state index < -0.39 is 0 Å². The fraction of sp³-hybridized carbons (Fsp3) is 0.385. The third-order valence-corrected chi connectivity index (χ3v) is 2.84. The molecule has 1 aromatic carbocycles. The second-order valence-electron chi connectivity index (χ2n) is 3.59. The molecular weight excluding hydrogens is 225 g/mol. The Hall–Kier alpha value is -1.04. The Bertz CT molecular complexity index is 364. The molecule has 0 amide bonds. The van der Waals surface area contributed by atoms with Gasteiger partial charge < -0.3 is 5.32 Å². The van der Waals surface area contributed by atoms with Gasteiger partial charge in [0.1, 0.15) is 5.82 Å². The Morgan fingerprint density at radius 3 is 2.88 bits per heavy atom. The molecule has 1 nitrogen and oxygen atoms in total. The maximum absolute atomic E-state index is 13.4. The van der Waals surface area contributed by atoms with Gasteiger partial charge in [0, 0.05) is 29.6 Å². The summed E-state index contributed by atoms with van der Waals surface area (Å²) in [7, 11) is 0. The summed E-state index contributed by atoms with van der Waals surface area (Å²) in [6.45, 7) is 2.45. The fourth-order valence-corrected chi connectivity index (χ4v) is 1.68. The largest absolute Gasteiger partial charge is 0.309 e. The molecule has 0 aliphatic heterocycles. The molecule has 3 heteroatoms. The van der Waals surface area contributed by atoms with Crippen LogP contribution >= 0.6 is 11.6 Å². The summed E-state index contributed by atoms with van der Waals surface area (Å²) in [6.07, 6.45) is 6.80. The van der Waals surface area contributed by atoms with Crippen LogP contribution in [-0.4, -0.2) is 6.04 Å². The van der Waals surface area contributed by atoms with Crippen molar-refractivity contribution >= 4 is 11.6 Å². The van der Waals surface area contributed by atoms with Crippen LogP contribution in [0.4, 0.5) is 4.39 Å². The average Bonchev–Trinajstić information content (AvgIpc) is 2.27. The van der Waals surface area contributed by atoms with Gasteiger partial charge in [-0.2, -0.15) is 0 Å². The molecule has 1 rings (SSSR count). The first-order chi connectivity index (χ1) is 7.69. The summed E-state index contributed by atoms with van der Waals surface area (Å²) in [5.41, 5.74) is 0.500. The zero-order valence-electron chi connectivity index (χ0n) is 9.26. The molecule has 0 heterocycles. The lowest BCUT2D eigenvalue weighted by molar-refractivity contribution is 0.494. The molecule has 0 bridgehead atoms. The average molecular weight is 240 g/mol. The molecule has 0 saturated heterocycles. The van der Waals surface area contributed by atoms with Crippen molar-refractivity contribution in [3.8, 4) is 12.3 Å². The number of hydrogen-bond acceptors (Lipinski definition) is 1. The van der Waals surface area contributed by atoms with Gasteiger partial charge in [-0.25, -0.2) is 4.39 Å². The van der Waals surface area contributed by atoms with Crippen LogP contribution in [0.15, 0.2) is 18.2 Å². The van der Waals surface area contributed by atoms with E-state index in [-0.39, 0.29) is 11.9 Å². The molecule has 16 heavy (non-hydrogen) atoms. The number of terminal acetylenes is 1. The first-order valence-corrected chi connectivity index (χ1v) is 5.66. The minimum atomic E-state index is -0.282. The highest BCUT2D eigenvalue weighted by molar-refractivity contribution is 6.31. The molecule has 0 fully saturated rings. The van der Waals surface area contributed by atoms with Gasteiger partial charge in [-0.05, 0) is 18.6 Å². The predicted octanol–water partition coefficient (Wildman–Crippen LogP) is 3.37. The van der Waals surface area contributed by atoms with Crippen molar-refractivity contribution in [3.63, 3.8) is 0 Å². The molecule has 1 aromatic rings. The number of halogens is 2. The van der Waals surface area contributed by atoms with Crippen molar-refractivity contribution in [2.24, 2.45) is 0 Å². The molecule has 1 unspecified atom stereocenters. The lowest BCUT2D eigenvalue weighted by atomic mass is 10.1. The van der Waals surface area contributed by atoms with Gasteiger partial charge in [-0.1, -0.05) is 24.6 Å².